The third-order valence-electron chi connectivity index (χ3n) is 5.39. The van der Waals surface area contributed by atoms with Crippen molar-refractivity contribution in [3.8, 4) is 17.3 Å². The summed E-state index contributed by atoms with van der Waals surface area (Å²) in [6.45, 7) is 3.05. The van der Waals surface area contributed by atoms with E-state index in [1.807, 2.05) is 60.2 Å². The Morgan fingerprint density at radius 2 is 1.81 bits per heavy atom. The number of benzene rings is 2. The van der Waals surface area contributed by atoms with Gasteiger partial charge in [0.15, 0.2) is 11.0 Å². The smallest absolute Gasteiger partial charge is 0.186 e. The Labute approximate surface area is 184 Å². The zero-order valence-electron chi connectivity index (χ0n) is 17.2. The number of allylic oxidation sites excluding steroid dienone is 1. The summed E-state index contributed by atoms with van der Waals surface area (Å²) in [6, 6.07) is 20.4. The highest BCUT2D eigenvalue weighted by atomic mass is 32.1. The van der Waals surface area contributed by atoms with Crippen LogP contribution >= 0.6 is 11.3 Å². The number of hydrogen-bond donors (Lipinski definition) is 0. The van der Waals surface area contributed by atoms with E-state index in [2.05, 4.69) is 23.1 Å². The SMILES string of the molecule is Cn1c(C(C#N)=Cc2sc(N3CCOCC3)nc2-c2ccccc2)nc2ccccc21. The van der Waals surface area contributed by atoms with E-state index >= 15 is 0 Å². The largest absolute Gasteiger partial charge is 0.378 e. The molecular formula is C24H21N5OS. The Kier molecular flexibility index (Phi) is 5.24. The van der Waals surface area contributed by atoms with Crippen LogP contribution in [0.1, 0.15) is 10.7 Å². The number of para-hydroxylation sites is 2. The zero-order chi connectivity index (χ0) is 21.2. The van der Waals surface area contributed by atoms with Gasteiger partial charge in [-0.1, -0.05) is 53.8 Å². The van der Waals surface area contributed by atoms with Crippen LogP contribution in [0.25, 0.3) is 33.9 Å². The topological polar surface area (TPSA) is 67.0 Å². The highest BCUT2D eigenvalue weighted by Gasteiger charge is 2.20. The van der Waals surface area contributed by atoms with Crippen molar-refractivity contribution in [2.24, 2.45) is 7.05 Å². The van der Waals surface area contributed by atoms with Gasteiger partial charge >= 0.3 is 0 Å². The van der Waals surface area contributed by atoms with Crippen LogP contribution < -0.4 is 4.90 Å². The lowest BCUT2D eigenvalue weighted by molar-refractivity contribution is 0.122. The lowest BCUT2D eigenvalue weighted by Crippen LogP contribution is -2.36. The third kappa shape index (κ3) is 3.72. The molecule has 31 heavy (non-hydrogen) atoms. The predicted molar refractivity (Wildman–Crippen MR) is 125 cm³/mol. The highest BCUT2D eigenvalue weighted by Crippen LogP contribution is 2.36. The van der Waals surface area contributed by atoms with E-state index in [0.717, 1.165) is 45.4 Å². The summed E-state index contributed by atoms with van der Waals surface area (Å²) >= 11 is 1.61. The summed E-state index contributed by atoms with van der Waals surface area (Å²) in [4.78, 5) is 12.9. The molecule has 0 N–H and O–H groups in total. The first-order valence-corrected chi connectivity index (χ1v) is 11.0. The number of nitriles is 1. The van der Waals surface area contributed by atoms with Crippen molar-refractivity contribution in [1.29, 1.82) is 5.26 Å². The van der Waals surface area contributed by atoms with Crippen LogP contribution in [0.15, 0.2) is 54.6 Å². The lowest BCUT2D eigenvalue weighted by Gasteiger charge is -2.26. The summed E-state index contributed by atoms with van der Waals surface area (Å²) in [5.41, 5.74) is 4.32. The number of hydrogen-bond acceptors (Lipinski definition) is 6. The van der Waals surface area contributed by atoms with Gasteiger partial charge in [0.25, 0.3) is 0 Å². The first kappa shape index (κ1) is 19.5. The minimum absolute atomic E-state index is 0.521. The van der Waals surface area contributed by atoms with Crippen LogP contribution in [-0.2, 0) is 11.8 Å². The van der Waals surface area contributed by atoms with Gasteiger partial charge in [0, 0.05) is 25.7 Å². The van der Waals surface area contributed by atoms with E-state index in [1.165, 1.54) is 0 Å². The Bertz CT molecular complexity index is 1290. The van der Waals surface area contributed by atoms with Crippen LogP contribution in [0.3, 0.4) is 0 Å². The molecule has 0 radical (unpaired) electrons. The first-order chi connectivity index (χ1) is 15.2. The number of imidazole rings is 1. The second kappa shape index (κ2) is 8.34. The van der Waals surface area contributed by atoms with E-state index in [4.69, 9.17) is 14.7 Å². The lowest BCUT2D eigenvalue weighted by atomic mass is 10.1. The van der Waals surface area contributed by atoms with Gasteiger partial charge in [0.1, 0.15) is 6.07 Å². The van der Waals surface area contributed by atoms with Crippen LogP contribution in [0.4, 0.5) is 5.13 Å². The number of anilines is 1. The standard InChI is InChI=1S/C24H21N5OS/c1-28-20-10-6-5-9-19(20)26-23(28)18(16-25)15-21-22(17-7-3-2-4-8-17)27-24(31-21)29-11-13-30-14-12-29/h2-10,15H,11-14H2,1H3. The molecular weight excluding hydrogens is 406 g/mol. The summed E-state index contributed by atoms with van der Waals surface area (Å²) in [5, 5.41) is 10.9. The van der Waals surface area contributed by atoms with Gasteiger partial charge < -0.3 is 14.2 Å². The van der Waals surface area contributed by atoms with Crippen molar-refractivity contribution in [3.63, 3.8) is 0 Å². The fraction of sp³-hybridized carbons (Fsp3) is 0.208. The van der Waals surface area contributed by atoms with Crippen molar-refractivity contribution < 1.29 is 4.74 Å². The molecule has 3 heterocycles. The van der Waals surface area contributed by atoms with E-state index in [0.29, 0.717) is 24.6 Å². The molecule has 1 aliphatic heterocycles. The Morgan fingerprint density at radius 3 is 2.55 bits per heavy atom. The molecule has 1 saturated heterocycles. The number of aromatic nitrogens is 3. The van der Waals surface area contributed by atoms with Crippen molar-refractivity contribution in [1.82, 2.24) is 14.5 Å². The molecule has 0 unspecified atom stereocenters. The average molecular weight is 428 g/mol. The molecule has 0 saturated carbocycles. The number of thiazole rings is 1. The predicted octanol–water partition coefficient (Wildman–Crippen LogP) is 4.60. The highest BCUT2D eigenvalue weighted by molar-refractivity contribution is 7.17. The molecule has 6 nitrogen and oxygen atoms in total. The summed E-state index contributed by atoms with van der Waals surface area (Å²) in [6.07, 6.45) is 1.92. The van der Waals surface area contributed by atoms with Crippen LogP contribution in [0.5, 0.6) is 0 Å². The normalized spacial score (nSPS) is 14.7. The van der Waals surface area contributed by atoms with Crippen LogP contribution in [-0.4, -0.2) is 40.8 Å². The second-order valence-corrected chi connectivity index (χ2v) is 8.34. The minimum atomic E-state index is 0.521. The first-order valence-electron chi connectivity index (χ1n) is 10.2. The number of nitrogens with zero attached hydrogens (tertiary/aromatic N) is 5. The van der Waals surface area contributed by atoms with Gasteiger partial charge in [-0.15, -0.1) is 0 Å². The second-order valence-electron chi connectivity index (χ2n) is 7.33. The molecule has 0 aliphatic carbocycles. The maximum absolute atomic E-state index is 9.99. The Morgan fingerprint density at radius 1 is 1.06 bits per heavy atom. The van der Waals surface area contributed by atoms with Crippen molar-refractivity contribution >= 4 is 39.2 Å². The van der Waals surface area contributed by atoms with Gasteiger partial charge in [0.05, 0.1) is 40.4 Å². The monoisotopic (exact) mass is 427 g/mol. The van der Waals surface area contributed by atoms with E-state index in [9.17, 15) is 5.26 Å². The van der Waals surface area contributed by atoms with E-state index in [-0.39, 0.29) is 0 Å². The molecule has 2 aromatic carbocycles. The molecule has 0 bridgehead atoms. The maximum Gasteiger partial charge on any atom is 0.186 e. The molecule has 154 valence electrons. The Hall–Kier alpha value is -3.47. The fourth-order valence-corrected chi connectivity index (χ4v) is 4.86. The molecule has 2 aromatic heterocycles. The minimum Gasteiger partial charge on any atom is -0.378 e. The fourth-order valence-electron chi connectivity index (χ4n) is 3.78. The van der Waals surface area contributed by atoms with E-state index in [1.54, 1.807) is 11.3 Å². The molecule has 5 rings (SSSR count). The molecule has 0 amide bonds. The number of fused-ring (bicyclic) bond motifs is 1. The van der Waals surface area contributed by atoms with Crippen molar-refractivity contribution in [2.75, 3.05) is 31.2 Å². The average Bonchev–Trinajstić information content (AvgIpc) is 3.40. The number of morpholine rings is 1. The van der Waals surface area contributed by atoms with Crippen LogP contribution in [0, 0.1) is 11.3 Å². The van der Waals surface area contributed by atoms with Gasteiger partial charge in [-0.05, 0) is 18.2 Å². The zero-order valence-corrected chi connectivity index (χ0v) is 18.0. The summed E-state index contributed by atoms with van der Waals surface area (Å²) in [5.74, 6) is 0.657. The van der Waals surface area contributed by atoms with Crippen molar-refractivity contribution in [2.45, 2.75) is 0 Å². The molecule has 7 heteroatoms. The third-order valence-corrected chi connectivity index (χ3v) is 6.46. The molecule has 1 fully saturated rings. The molecule has 0 spiro atoms. The Balaban J connectivity index is 1.63. The summed E-state index contributed by atoms with van der Waals surface area (Å²) in [7, 11) is 1.94. The quantitative estimate of drug-likeness (QED) is 0.446. The maximum atomic E-state index is 9.99. The summed E-state index contributed by atoms with van der Waals surface area (Å²) < 4.78 is 7.46. The number of ether oxygens (including phenoxy) is 1. The van der Waals surface area contributed by atoms with Gasteiger partial charge in [-0.25, -0.2) is 9.97 Å². The van der Waals surface area contributed by atoms with Crippen molar-refractivity contribution in [3.05, 3.63) is 65.3 Å². The molecule has 1 aliphatic rings. The van der Waals surface area contributed by atoms with Crippen LogP contribution in [0.2, 0.25) is 0 Å². The molecule has 4 aromatic rings. The number of aryl methyl sites for hydroxylation is 1. The molecule has 0 atom stereocenters. The number of rotatable bonds is 4. The van der Waals surface area contributed by atoms with Gasteiger partial charge in [0.2, 0.25) is 0 Å². The van der Waals surface area contributed by atoms with Gasteiger partial charge in [-0.3, -0.25) is 0 Å². The van der Waals surface area contributed by atoms with Gasteiger partial charge in [-0.2, -0.15) is 5.26 Å². The van der Waals surface area contributed by atoms with E-state index < -0.39 is 0 Å².